The van der Waals surface area contributed by atoms with Gasteiger partial charge in [0.2, 0.25) is 0 Å². The van der Waals surface area contributed by atoms with E-state index < -0.39 is 12.3 Å². The fourth-order valence-electron chi connectivity index (χ4n) is 5.81. The number of urea groups is 1. The maximum Gasteiger partial charge on any atom is 0.320 e. The van der Waals surface area contributed by atoms with Gasteiger partial charge in [-0.2, -0.15) is 0 Å². The molecular weight excluding hydrogens is 514 g/mol. The average molecular weight is 548 g/mol. The second-order valence-electron chi connectivity index (χ2n) is 10.5. The second-order valence-corrected chi connectivity index (χ2v) is 10.5. The number of aliphatic carboxylic acids is 1. The van der Waals surface area contributed by atoms with Gasteiger partial charge >= 0.3 is 12.0 Å². The molecule has 0 spiro atoms. The Labute approximate surface area is 231 Å². The highest BCUT2D eigenvalue weighted by Crippen LogP contribution is 2.45. The van der Waals surface area contributed by atoms with Gasteiger partial charge in [0.05, 0.1) is 24.4 Å². The van der Waals surface area contributed by atoms with Gasteiger partial charge in [-0.05, 0) is 43.9 Å². The lowest BCUT2D eigenvalue weighted by Gasteiger charge is -2.20. The number of carboxylic acids is 1. The number of rotatable bonds is 10. The van der Waals surface area contributed by atoms with Crippen molar-refractivity contribution in [3.05, 3.63) is 54.6 Å². The summed E-state index contributed by atoms with van der Waals surface area (Å²) in [6, 6.07) is 9.53. The number of ether oxygens (including phenoxy) is 2. The standard InChI is InChI=1S/C28H33N7O5/c1-2-30-28(38)34-25-22-26(32-14-31-25)35(15-33-22)20-11-18(13-29-12-17-10-19(17)27(36)37)23-24(20)40-21(39-23)9-8-16-6-4-3-5-7-16/h3-9,14-15,17-21,23-24,29H,2,10-13H2,1H3,(H,36,37)(H2,30,31,32,34,38)/b9-8+/t17?,18?,19?,20?,21-,23?,24?/m0/s1. The second kappa shape index (κ2) is 11.3. The molecule has 3 aliphatic rings. The lowest BCUT2D eigenvalue weighted by atomic mass is 10.1. The maximum absolute atomic E-state index is 12.1. The fraction of sp³-hybridized carbons (Fsp3) is 0.464. The van der Waals surface area contributed by atoms with Crippen molar-refractivity contribution < 1.29 is 24.2 Å². The largest absolute Gasteiger partial charge is 0.481 e. The van der Waals surface area contributed by atoms with Crippen LogP contribution in [0.4, 0.5) is 10.6 Å². The van der Waals surface area contributed by atoms with E-state index in [0.717, 1.165) is 18.4 Å². The Kier molecular flexibility index (Phi) is 7.46. The predicted octanol–water partition coefficient (Wildman–Crippen LogP) is 2.66. The van der Waals surface area contributed by atoms with Crippen LogP contribution in [-0.2, 0) is 14.3 Å². The van der Waals surface area contributed by atoms with Crippen LogP contribution in [0.25, 0.3) is 17.2 Å². The molecule has 6 rings (SSSR count). The van der Waals surface area contributed by atoms with Gasteiger partial charge in [-0.3, -0.25) is 10.1 Å². The van der Waals surface area contributed by atoms with Crippen molar-refractivity contribution in [3.8, 4) is 0 Å². The number of anilines is 1. The molecule has 3 fully saturated rings. The molecule has 3 heterocycles. The minimum Gasteiger partial charge on any atom is -0.481 e. The molecule has 12 nitrogen and oxygen atoms in total. The summed E-state index contributed by atoms with van der Waals surface area (Å²) in [6.45, 7) is 3.69. The summed E-state index contributed by atoms with van der Waals surface area (Å²) in [7, 11) is 0. The number of carbonyl (C=O) groups is 2. The van der Waals surface area contributed by atoms with E-state index in [4.69, 9.17) is 9.47 Å². The summed E-state index contributed by atoms with van der Waals surface area (Å²) in [5.74, 6) is -0.304. The normalized spacial score (nSPS) is 29.1. The SMILES string of the molecule is CCNC(=O)Nc1ncnc2c1ncn2C1CC(CNCC2CC2C(=O)O)C2O[C@H](/C=C/c3ccccc3)OC21. The van der Waals surface area contributed by atoms with Crippen LogP contribution in [0.3, 0.4) is 0 Å². The molecule has 6 unspecified atom stereocenters. The van der Waals surface area contributed by atoms with Crippen molar-refractivity contribution in [2.75, 3.05) is 25.0 Å². The number of carbonyl (C=O) groups excluding carboxylic acids is 1. The van der Waals surface area contributed by atoms with Crippen molar-refractivity contribution in [2.45, 2.75) is 44.3 Å². The van der Waals surface area contributed by atoms with E-state index in [1.54, 1.807) is 6.33 Å². The first-order chi connectivity index (χ1) is 19.5. The Hall–Kier alpha value is -3.87. The smallest absolute Gasteiger partial charge is 0.320 e. The van der Waals surface area contributed by atoms with Gasteiger partial charge in [0.15, 0.2) is 23.3 Å². The summed E-state index contributed by atoms with van der Waals surface area (Å²) >= 11 is 0. The van der Waals surface area contributed by atoms with Crippen LogP contribution in [0.2, 0.25) is 0 Å². The Bertz CT molecular complexity index is 1400. The lowest BCUT2D eigenvalue weighted by molar-refractivity contribution is -0.138. The monoisotopic (exact) mass is 547 g/mol. The number of hydrogen-bond acceptors (Lipinski definition) is 8. The highest BCUT2D eigenvalue weighted by Gasteiger charge is 2.52. The minimum atomic E-state index is -0.719. The van der Waals surface area contributed by atoms with Crippen LogP contribution >= 0.6 is 0 Å². The Morgan fingerprint density at radius 3 is 2.65 bits per heavy atom. The molecule has 7 atom stereocenters. The van der Waals surface area contributed by atoms with Crippen LogP contribution in [0.5, 0.6) is 0 Å². The fourth-order valence-corrected chi connectivity index (χ4v) is 5.81. The van der Waals surface area contributed by atoms with E-state index in [1.807, 2.05) is 54.0 Å². The summed E-state index contributed by atoms with van der Waals surface area (Å²) < 4.78 is 14.9. The van der Waals surface area contributed by atoms with E-state index in [1.165, 1.54) is 6.33 Å². The summed E-state index contributed by atoms with van der Waals surface area (Å²) in [6.07, 6.45) is 7.64. The molecular formula is C28H33N7O5. The number of imidazole rings is 1. The van der Waals surface area contributed by atoms with Crippen LogP contribution in [0, 0.1) is 17.8 Å². The molecule has 2 aliphatic carbocycles. The van der Waals surface area contributed by atoms with Crippen molar-refractivity contribution in [1.29, 1.82) is 0 Å². The molecule has 12 heteroatoms. The zero-order valence-electron chi connectivity index (χ0n) is 22.1. The number of nitrogens with one attached hydrogen (secondary N) is 3. The molecule has 4 N–H and O–H groups in total. The highest BCUT2D eigenvalue weighted by atomic mass is 16.7. The predicted molar refractivity (Wildman–Crippen MR) is 146 cm³/mol. The summed E-state index contributed by atoms with van der Waals surface area (Å²) in [5.41, 5.74) is 2.16. The molecule has 2 amide bonds. The van der Waals surface area contributed by atoms with Gasteiger partial charge in [0.1, 0.15) is 12.4 Å². The van der Waals surface area contributed by atoms with Crippen LogP contribution < -0.4 is 16.0 Å². The topological polar surface area (TPSA) is 153 Å². The lowest BCUT2D eigenvalue weighted by Crippen LogP contribution is -2.33. The molecule has 0 bridgehead atoms. The Morgan fingerprint density at radius 1 is 1.07 bits per heavy atom. The first kappa shape index (κ1) is 26.4. The zero-order valence-corrected chi connectivity index (χ0v) is 22.1. The maximum atomic E-state index is 12.1. The molecule has 210 valence electrons. The van der Waals surface area contributed by atoms with E-state index in [9.17, 15) is 14.7 Å². The summed E-state index contributed by atoms with van der Waals surface area (Å²) in [4.78, 5) is 36.6. The number of fused-ring (bicyclic) bond motifs is 2. The molecule has 40 heavy (non-hydrogen) atoms. The number of hydrogen-bond donors (Lipinski definition) is 4. The number of amides is 2. The first-order valence-electron chi connectivity index (χ1n) is 13.7. The molecule has 1 aliphatic heterocycles. The molecule has 1 saturated heterocycles. The zero-order chi connectivity index (χ0) is 27.6. The van der Waals surface area contributed by atoms with Gasteiger partial charge in [-0.15, -0.1) is 0 Å². The van der Waals surface area contributed by atoms with Gasteiger partial charge in [0.25, 0.3) is 0 Å². The molecule has 2 saturated carbocycles. The molecule has 3 aromatic rings. The third-order valence-corrected chi connectivity index (χ3v) is 7.88. The van der Waals surface area contributed by atoms with E-state index in [-0.39, 0.29) is 42.0 Å². The first-order valence-corrected chi connectivity index (χ1v) is 13.7. The van der Waals surface area contributed by atoms with Crippen LogP contribution in [0.15, 0.2) is 49.1 Å². The average Bonchev–Trinajstić information content (AvgIpc) is 3.25. The van der Waals surface area contributed by atoms with Crippen molar-refractivity contribution in [1.82, 2.24) is 30.2 Å². The van der Waals surface area contributed by atoms with E-state index >= 15 is 0 Å². The van der Waals surface area contributed by atoms with E-state index in [0.29, 0.717) is 36.6 Å². The van der Waals surface area contributed by atoms with Gasteiger partial charge in [0, 0.05) is 19.0 Å². The van der Waals surface area contributed by atoms with Gasteiger partial charge < -0.3 is 29.8 Å². The van der Waals surface area contributed by atoms with Crippen LogP contribution in [0.1, 0.15) is 31.4 Å². The number of carboxylic acid groups (broad SMARTS) is 1. The Balaban J connectivity index is 1.21. The highest BCUT2D eigenvalue weighted by molar-refractivity contribution is 5.95. The molecule has 1 aromatic carbocycles. The minimum absolute atomic E-state index is 0.100. The van der Waals surface area contributed by atoms with Gasteiger partial charge in [-0.25, -0.2) is 19.7 Å². The van der Waals surface area contributed by atoms with Gasteiger partial charge in [-0.1, -0.05) is 36.4 Å². The third kappa shape index (κ3) is 5.42. The van der Waals surface area contributed by atoms with Crippen molar-refractivity contribution in [3.63, 3.8) is 0 Å². The molecule has 2 aromatic heterocycles. The quantitative estimate of drug-likeness (QED) is 0.300. The van der Waals surface area contributed by atoms with Crippen molar-refractivity contribution in [2.24, 2.45) is 17.8 Å². The number of nitrogens with zero attached hydrogens (tertiary/aromatic N) is 4. The van der Waals surface area contributed by atoms with Crippen molar-refractivity contribution >= 4 is 35.1 Å². The Morgan fingerprint density at radius 2 is 1.88 bits per heavy atom. The van der Waals surface area contributed by atoms with Crippen LogP contribution in [-0.4, -0.2) is 74.8 Å². The summed E-state index contributed by atoms with van der Waals surface area (Å²) in [5, 5.41) is 18.2. The number of benzene rings is 1. The number of aromatic nitrogens is 4. The molecule has 0 radical (unpaired) electrons. The van der Waals surface area contributed by atoms with E-state index in [2.05, 4.69) is 30.9 Å². The third-order valence-electron chi connectivity index (χ3n) is 7.88.